The number of nitrogens with zero attached hydrogens (tertiary/aromatic N) is 4. The molecule has 0 atom stereocenters. The Morgan fingerprint density at radius 1 is 0.449 bits per heavy atom. The molecule has 0 amide bonds. The predicted octanol–water partition coefficient (Wildman–Crippen LogP) is 11.8. The maximum Gasteiger partial charge on any atom is 0.137 e. The summed E-state index contributed by atoms with van der Waals surface area (Å²) in [6.07, 6.45) is 0. The molecule has 2 aromatic heterocycles. The van der Waals surface area contributed by atoms with Gasteiger partial charge in [0, 0.05) is 39.3 Å². The van der Waals surface area contributed by atoms with Gasteiger partial charge in [0.1, 0.15) is 22.2 Å². The summed E-state index contributed by atoms with van der Waals surface area (Å²) < 4.78 is 6.30. The zero-order valence-electron chi connectivity index (χ0n) is 26.4. The first-order valence-corrected chi connectivity index (χ1v) is 16.4. The van der Waals surface area contributed by atoms with Crippen LogP contribution in [0.2, 0.25) is 0 Å². The van der Waals surface area contributed by atoms with E-state index in [1.54, 1.807) is 4.80 Å². The van der Waals surface area contributed by atoms with E-state index in [-0.39, 0.29) is 0 Å². The van der Waals surface area contributed by atoms with E-state index in [9.17, 15) is 0 Å². The van der Waals surface area contributed by atoms with Gasteiger partial charge >= 0.3 is 0 Å². The largest absolute Gasteiger partial charge is 0.456 e. The molecule has 0 unspecified atom stereocenters. The van der Waals surface area contributed by atoms with Crippen LogP contribution >= 0.6 is 0 Å². The molecule has 5 heteroatoms. The van der Waals surface area contributed by atoms with Crippen molar-refractivity contribution in [1.29, 1.82) is 0 Å². The molecular weight excluding hydrogens is 601 g/mol. The third-order valence-corrected chi connectivity index (χ3v) is 9.41. The molecule has 0 N–H and O–H groups in total. The molecule has 10 rings (SSSR count). The molecule has 0 spiro atoms. The van der Waals surface area contributed by atoms with Gasteiger partial charge in [-0.15, -0.1) is 10.2 Å². The highest BCUT2D eigenvalue weighted by Gasteiger charge is 2.17. The SMILES string of the molecule is c1ccc(N(c2cccc(-c3ccc4ccc5ccc6nn(-c7ccccc7)nc6c5c4c3)c2)c2ccc3c(c2)oc2ccccc23)cc1. The van der Waals surface area contributed by atoms with Crippen LogP contribution in [0.15, 0.2) is 174 Å². The number of benzene rings is 8. The third-order valence-electron chi connectivity index (χ3n) is 9.41. The van der Waals surface area contributed by atoms with E-state index in [1.807, 2.05) is 42.5 Å². The summed E-state index contributed by atoms with van der Waals surface area (Å²) in [5.74, 6) is 0. The van der Waals surface area contributed by atoms with Gasteiger partial charge in [-0.1, -0.05) is 97.1 Å². The van der Waals surface area contributed by atoms with Crippen molar-refractivity contribution in [2.75, 3.05) is 4.90 Å². The molecule has 0 bridgehead atoms. The van der Waals surface area contributed by atoms with E-state index in [0.717, 1.165) is 83.0 Å². The maximum atomic E-state index is 6.30. The summed E-state index contributed by atoms with van der Waals surface area (Å²) in [6, 6.07) is 59.3. The van der Waals surface area contributed by atoms with Gasteiger partial charge in [-0.2, -0.15) is 4.80 Å². The van der Waals surface area contributed by atoms with Crippen molar-refractivity contribution in [3.05, 3.63) is 170 Å². The summed E-state index contributed by atoms with van der Waals surface area (Å²) in [5, 5.41) is 16.6. The van der Waals surface area contributed by atoms with Crippen molar-refractivity contribution in [3.63, 3.8) is 0 Å². The summed E-state index contributed by atoms with van der Waals surface area (Å²) in [5.41, 5.74) is 9.89. The van der Waals surface area contributed by atoms with Crippen molar-refractivity contribution >= 4 is 71.6 Å². The average molecular weight is 629 g/mol. The number of hydrogen-bond acceptors (Lipinski definition) is 4. The molecule has 0 aliphatic carbocycles. The summed E-state index contributed by atoms with van der Waals surface area (Å²) in [7, 11) is 0. The van der Waals surface area contributed by atoms with Crippen LogP contribution < -0.4 is 4.90 Å². The first-order valence-electron chi connectivity index (χ1n) is 16.4. The van der Waals surface area contributed by atoms with Gasteiger partial charge in [-0.05, 0) is 94.0 Å². The van der Waals surface area contributed by atoms with E-state index >= 15 is 0 Å². The minimum absolute atomic E-state index is 0.868. The third kappa shape index (κ3) is 4.55. The van der Waals surface area contributed by atoms with Gasteiger partial charge in [-0.3, -0.25) is 0 Å². The topological polar surface area (TPSA) is 47.1 Å². The number of aromatic nitrogens is 3. The molecule has 0 saturated heterocycles. The lowest BCUT2D eigenvalue weighted by Crippen LogP contribution is -2.09. The van der Waals surface area contributed by atoms with Crippen molar-refractivity contribution in [2.45, 2.75) is 0 Å². The number of para-hydroxylation sites is 3. The molecule has 49 heavy (non-hydrogen) atoms. The van der Waals surface area contributed by atoms with Crippen LogP contribution in [-0.2, 0) is 0 Å². The second-order valence-corrected chi connectivity index (χ2v) is 12.4. The number of hydrogen-bond donors (Lipinski definition) is 0. The van der Waals surface area contributed by atoms with Crippen LogP contribution in [0.25, 0.3) is 71.3 Å². The minimum Gasteiger partial charge on any atom is -0.456 e. The van der Waals surface area contributed by atoms with E-state index < -0.39 is 0 Å². The molecule has 0 fully saturated rings. The van der Waals surface area contributed by atoms with Crippen LogP contribution in [0.3, 0.4) is 0 Å². The number of fused-ring (bicyclic) bond motifs is 8. The van der Waals surface area contributed by atoms with Crippen LogP contribution in [-0.4, -0.2) is 15.0 Å². The highest BCUT2D eigenvalue weighted by atomic mass is 16.3. The van der Waals surface area contributed by atoms with Gasteiger partial charge in [0.25, 0.3) is 0 Å². The fourth-order valence-corrected chi connectivity index (χ4v) is 7.08. The summed E-state index contributed by atoms with van der Waals surface area (Å²) in [4.78, 5) is 4.02. The Kier molecular flexibility index (Phi) is 6.11. The average Bonchev–Trinajstić information content (AvgIpc) is 3.77. The van der Waals surface area contributed by atoms with Crippen LogP contribution in [0.5, 0.6) is 0 Å². The highest BCUT2D eigenvalue weighted by Crippen LogP contribution is 2.40. The smallest absolute Gasteiger partial charge is 0.137 e. The zero-order chi connectivity index (χ0) is 32.3. The molecule has 8 aromatic carbocycles. The maximum absolute atomic E-state index is 6.30. The molecule has 0 aliphatic rings. The normalized spacial score (nSPS) is 11.7. The summed E-state index contributed by atoms with van der Waals surface area (Å²) >= 11 is 0. The molecule has 230 valence electrons. The van der Waals surface area contributed by atoms with Crippen LogP contribution in [0, 0.1) is 0 Å². The molecule has 0 radical (unpaired) electrons. The molecule has 5 nitrogen and oxygen atoms in total. The molecular formula is C44H28N4O. The second-order valence-electron chi connectivity index (χ2n) is 12.4. The zero-order valence-corrected chi connectivity index (χ0v) is 26.4. The number of furan rings is 1. The first kappa shape index (κ1) is 27.4. The van der Waals surface area contributed by atoms with Gasteiger partial charge in [0.15, 0.2) is 0 Å². The molecule has 0 aliphatic heterocycles. The minimum atomic E-state index is 0.868. The van der Waals surface area contributed by atoms with Crippen molar-refractivity contribution in [2.24, 2.45) is 0 Å². The van der Waals surface area contributed by atoms with E-state index in [2.05, 4.69) is 132 Å². The molecule has 2 heterocycles. The van der Waals surface area contributed by atoms with Gasteiger partial charge < -0.3 is 9.32 Å². The first-order chi connectivity index (χ1) is 24.3. The Bertz CT molecular complexity index is 2840. The Balaban J connectivity index is 1.12. The Hall–Kier alpha value is -6.72. The fraction of sp³-hybridized carbons (Fsp3) is 0. The highest BCUT2D eigenvalue weighted by molar-refractivity contribution is 6.19. The summed E-state index contributed by atoms with van der Waals surface area (Å²) in [6.45, 7) is 0. The molecule has 0 saturated carbocycles. The second kappa shape index (κ2) is 10.9. The lowest BCUT2D eigenvalue weighted by Gasteiger charge is -2.26. The van der Waals surface area contributed by atoms with Crippen molar-refractivity contribution in [1.82, 2.24) is 15.0 Å². The van der Waals surface area contributed by atoms with Gasteiger partial charge in [0.2, 0.25) is 0 Å². The standard InChI is InChI=1S/C44H28N4O/c1-3-11-33(12-4-1)47(36-23-24-38-37-16-7-8-17-41(37)49-42(38)28-36)35-15-9-10-31(26-35)32-21-19-29-18-20-30-22-25-40-44(43(30)39(29)27-32)46-48(45-40)34-13-5-2-6-14-34/h1-28H. The van der Waals surface area contributed by atoms with Crippen molar-refractivity contribution in [3.8, 4) is 16.8 Å². The number of anilines is 3. The van der Waals surface area contributed by atoms with Gasteiger partial charge in [0.05, 0.1) is 5.69 Å². The Morgan fingerprint density at radius 3 is 2.04 bits per heavy atom. The monoisotopic (exact) mass is 628 g/mol. The van der Waals surface area contributed by atoms with Gasteiger partial charge in [-0.25, -0.2) is 0 Å². The fourth-order valence-electron chi connectivity index (χ4n) is 7.08. The lowest BCUT2D eigenvalue weighted by molar-refractivity contribution is 0.669. The van der Waals surface area contributed by atoms with E-state index in [1.165, 1.54) is 5.39 Å². The van der Waals surface area contributed by atoms with E-state index in [0.29, 0.717) is 0 Å². The van der Waals surface area contributed by atoms with Crippen LogP contribution in [0.4, 0.5) is 17.1 Å². The van der Waals surface area contributed by atoms with E-state index in [4.69, 9.17) is 14.6 Å². The lowest BCUT2D eigenvalue weighted by atomic mass is 9.96. The number of rotatable bonds is 5. The Labute approximate surface area is 281 Å². The predicted molar refractivity (Wildman–Crippen MR) is 201 cm³/mol. The molecule has 10 aromatic rings. The Morgan fingerprint density at radius 2 is 1.14 bits per heavy atom. The quantitative estimate of drug-likeness (QED) is 0.178. The van der Waals surface area contributed by atoms with Crippen LogP contribution in [0.1, 0.15) is 0 Å². The van der Waals surface area contributed by atoms with Crippen molar-refractivity contribution < 1.29 is 4.42 Å².